The van der Waals surface area contributed by atoms with Gasteiger partial charge in [-0.3, -0.25) is 14.4 Å². The molecule has 0 spiro atoms. The van der Waals surface area contributed by atoms with E-state index in [4.69, 9.17) is 4.74 Å². The minimum absolute atomic E-state index is 0.0164. The average Bonchev–Trinajstić information content (AvgIpc) is 3.09. The zero-order chi connectivity index (χ0) is 18.2. The van der Waals surface area contributed by atoms with Gasteiger partial charge in [0.2, 0.25) is 6.10 Å². The van der Waals surface area contributed by atoms with Crippen molar-refractivity contribution in [2.24, 2.45) is 0 Å². The van der Waals surface area contributed by atoms with E-state index in [1.54, 1.807) is 0 Å². The van der Waals surface area contributed by atoms with Gasteiger partial charge in [-0.2, -0.15) is 0 Å². The Morgan fingerprint density at radius 2 is 1.76 bits per heavy atom. The van der Waals surface area contributed by atoms with Gasteiger partial charge in [0, 0.05) is 19.3 Å². The Hall–Kier alpha value is -1.97. The van der Waals surface area contributed by atoms with Gasteiger partial charge in [0.25, 0.3) is 0 Å². The molecule has 0 unspecified atom stereocenters. The maximum Gasteiger partial charge on any atom is 0.315 e. The van der Waals surface area contributed by atoms with Crippen LogP contribution in [0.15, 0.2) is 0 Å². The Bertz CT molecular complexity index is 701. The Kier molecular flexibility index (Phi) is 4.81. The zero-order valence-corrected chi connectivity index (χ0v) is 14.3. The lowest BCUT2D eigenvalue weighted by Crippen LogP contribution is -2.39. The van der Waals surface area contributed by atoms with E-state index < -0.39 is 39.2 Å². The third-order valence-corrected chi connectivity index (χ3v) is 7.17. The molecule has 0 radical (unpaired) electrons. The molecule has 0 aromatic heterocycles. The van der Waals surface area contributed by atoms with Crippen LogP contribution < -0.4 is 10.6 Å². The fourth-order valence-electron chi connectivity index (χ4n) is 3.63. The summed E-state index contributed by atoms with van der Waals surface area (Å²) in [5.74, 6) is -1.44. The standard InChI is InChI=1S/C15H20N2O7S/c18-9-5-6-10(19)14(9)24-12(20)4-2-1-3-11-13-8(7-25(11,22)23)16-15(21)17-13/h8,11,13-14H,1-7H2,(H2,16,17,21)/t8-,11-,13-/m0/s1. The van der Waals surface area contributed by atoms with Crippen LogP contribution in [-0.4, -0.2) is 61.2 Å². The van der Waals surface area contributed by atoms with Crippen LogP contribution in [0.3, 0.4) is 0 Å². The van der Waals surface area contributed by atoms with Crippen LogP contribution in [-0.2, 0) is 29.0 Å². The molecule has 3 rings (SSSR count). The smallest absolute Gasteiger partial charge is 0.315 e. The number of fused-ring (bicyclic) bond motifs is 1. The second-order valence-corrected chi connectivity index (χ2v) is 8.93. The Morgan fingerprint density at radius 1 is 1.08 bits per heavy atom. The summed E-state index contributed by atoms with van der Waals surface area (Å²) in [6.45, 7) is 0. The van der Waals surface area contributed by atoms with E-state index in [1.165, 1.54) is 0 Å². The normalized spacial score (nSPS) is 30.9. The van der Waals surface area contributed by atoms with E-state index in [-0.39, 0.29) is 42.6 Å². The second kappa shape index (κ2) is 6.74. The summed E-state index contributed by atoms with van der Waals surface area (Å²) in [5.41, 5.74) is 0. The van der Waals surface area contributed by atoms with Gasteiger partial charge >= 0.3 is 12.0 Å². The summed E-state index contributed by atoms with van der Waals surface area (Å²) >= 11 is 0. The van der Waals surface area contributed by atoms with E-state index in [1.807, 2.05) is 0 Å². The number of carbonyl (C=O) groups excluding carboxylic acids is 4. The second-order valence-electron chi connectivity index (χ2n) is 6.67. The third-order valence-electron chi connectivity index (χ3n) is 4.89. The lowest BCUT2D eigenvalue weighted by molar-refractivity contribution is -0.157. The SMILES string of the molecule is O=C1N[C@H]2[C@H](CS(=O)(=O)[C@H]2CCCCC(=O)OC2C(=O)CCC2=O)N1. The number of sulfone groups is 1. The average molecular weight is 372 g/mol. The summed E-state index contributed by atoms with van der Waals surface area (Å²) in [6.07, 6.45) is 0.159. The zero-order valence-electron chi connectivity index (χ0n) is 13.5. The number of urea groups is 1. The van der Waals surface area contributed by atoms with Crippen LogP contribution in [0.2, 0.25) is 0 Å². The first-order valence-electron chi connectivity index (χ1n) is 8.31. The van der Waals surface area contributed by atoms with Gasteiger partial charge in [0.05, 0.1) is 23.1 Å². The molecule has 2 N–H and O–H groups in total. The molecule has 1 aliphatic carbocycles. The number of hydrogen-bond donors (Lipinski definition) is 2. The molecule has 25 heavy (non-hydrogen) atoms. The van der Waals surface area contributed by atoms with Gasteiger partial charge in [-0.05, 0) is 12.8 Å². The molecule has 2 saturated heterocycles. The van der Waals surface area contributed by atoms with E-state index in [9.17, 15) is 27.6 Å². The number of nitrogens with one attached hydrogen (secondary N) is 2. The van der Waals surface area contributed by atoms with Crippen LogP contribution in [0, 0.1) is 0 Å². The number of Topliss-reactive ketones (excluding diaryl/α,β-unsaturated/α-hetero) is 2. The topological polar surface area (TPSA) is 136 Å². The summed E-state index contributed by atoms with van der Waals surface area (Å²) in [4.78, 5) is 45.9. The van der Waals surface area contributed by atoms with E-state index >= 15 is 0 Å². The molecular weight excluding hydrogens is 352 g/mol. The van der Waals surface area contributed by atoms with Crippen molar-refractivity contribution in [2.45, 2.75) is 62.0 Å². The first-order valence-corrected chi connectivity index (χ1v) is 10.0. The van der Waals surface area contributed by atoms with Gasteiger partial charge in [-0.15, -0.1) is 0 Å². The molecule has 3 atom stereocenters. The molecule has 0 aromatic carbocycles. The highest BCUT2D eigenvalue weighted by molar-refractivity contribution is 7.92. The lowest BCUT2D eigenvalue weighted by atomic mass is 10.0. The van der Waals surface area contributed by atoms with Crippen molar-refractivity contribution >= 4 is 33.4 Å². The maximum atomic E-state index is 12.2. The van der Waals surface area contributed by atoms with Crippen molar-refractivity contribution in [3.8, 4) is 0 Å². The van der Waals surface area contributed by atoms with Gasteiger partial charge < -0.3 is 15.4 Å². The first-order chi connectivity index (χ1) is 11.8. The molecule has 2 amide bonds. The van der Waals surface area contributed by atoms with Crippen molar-refractivity contribution < 1.29 is 32.3 Å². The number of rotatable bonds is 6. The highest BCUT2D eigenvalue weighted by atomic mass is 32.2. The van der Waals surface area contributed by atoms with Crippen LogP contribution in [0.4, 0.5) is 4.79 Å². The number of carbonyl (C=O) groups is 4. The van der Waals surface area contributed by atoms with Crippen molar-refractivity contribution in [1.29, 1.82) is 0 Å². The molecule has 10 heteroatoms. The summed E-state index contributed by atoms with van der Waals surface area (Å²) in [6, 6.07) is -1.19. The fourth-order valence-corrected chi connectivity index (χ4v) is 5.90. The fraction of sp³-hybridized carbons (Fsp3) is 0.733. The third kappa shape index (κ3) is 3.68. The van der Waals surface area contributed by atoms with Crippen LogP contribution in [0.25, 0.3) is 0 Å². The minimum Gasteiger partial charge on any atom is -0.446 e. The molecular formula is C15H20N2O7S. The molecule has 3 aliphatic rings. The molecule has 3 fully saturated rings. The van der Waals surface area contributed by atoms with Crippen molar-refractivity contribution in [1.82, 2.24) is 10.6 Å². The molecule has 0 bridgehead atoms. The molecule has 1 saturated carbocycles. The number of hydrogen-bond acceptors (Lipinski definition) is 7. The number of esters is 1. The Morgan fingerprint density at radius 3 is 2.44 bits per heavy atom. The van der Waals surface area contributed by atoms with Crippen LogP contribution in [0.1, 0.15) is 38.5 Å². The van der Waals surface area contributed by atoms with Crippen LogP contribution in [0.5, 0.6) is 0 Å². The number of unbranched alkanes of at least 4 members (excludes halogenated alkanes) is 1. The number of amides is 2. The van der Waals surface area contributed by atoms with Gasteiger partial charge in [0.1, 0.15) is 0 Å². The number of ketones is 2. The molecule has 2 aliphatic heterocycles. The predicted molar refractivity (Wildman–Crippen MR) is 84.4 cm³/mol. The van der Waals surface area contributed by atoms with Crippen molar-refractivity contribution in [3.63, 3.8) is 0 Å². The van der Waals surface area contributed by atoms with E-state index in [2.05, 4.69) is 10.6 Å². The number of ether oxygens (including phenoxy) is 1. The summed E-state index contributed by atoms with van der Waals surface area (Å²) in [5, 5.41) is 4.56. The maximum absolute atomic E-state index is 12.2. The molecule has 9 nitrogen and oxygen atoms in total. The summed E-state index contributed by atoms with van der Waals surface area (Å²) in [7, 11) is -3.29. The van der Waals surface area contributed by atoms with Crippen LogP contribution >= 0.6 is 0 Å². The van der Waals surface area contributed by atoms with Gasteiger partial charge in [-0.25, -0.2) is 13.2 Å². The first kappa shape index (κ1) is 17.8. The highest BCUT2D eigenvalue weighted by Crippen LogP contribution is 2.28. The van der Waals surface area contributed by atoms with Gasteiger partial charge in [0.15, 0.2) is 21.4 Å². The highest BCUT2D eigenvalue weighted by Gasteiger charge is 2.51. The molecule has 0 aromatic rings. The predicted octanol–water partition coefficient (Wildman–Crippen LogP) is -0.762. The quantitative estimate of drug-likeness (QED) is 0.271. The lowest BCUT2D eigenvalue weighted by Gasteiger charge is -2.16. The van der Waals surface area contributed by atoms with Gasteiger partial charge in [-0.1, -0.05) is 6.42 Å². The monoisotopic (exact) mass is 372 g/mol. The van der Waals surface area contributed by atoms with Crippen molar-refractivity contribution in [2.75, 3.05) is 5.75 Å². The Balaban J connectivity index is 1.43. The summed E-state index contributed by atoms with van der Waals surface area (Å²) < 4.78 is 29.2. The molecule has 2 heterocycles. The largest absolute Gasteiger partial charge is 0.446 e. The van der Waals surface area contributed by atoms with E-state index in [0.29, 0.717) is 19.3 Å². The van der Waals surface area contributed by atoms with Crippen molar-refractivity contribution in [3.05, 3.63) is 0 Å². The van der Waals surface area contributed by atoms with E-state index in [0.717, 1.165) is 0 Å². The molecule has 138 valence electrons. The minimum atomic E-state index is -3.29. The Labute approximate surface area is 144 Å².